The topological polar surface area (TPSA) is 283 Å². The van der Waals surface area contributed by atoms with Crippen LogP contribution in [0.25, 0.3) is 22.5 Å². The molecule has 5 rings (SSSR count). The van der Waals surface area contributed by atoms with Crippen LogP contribution in [0.2, 0.25) is 0 Å². The van der Waals surface area contributed by atoms with Gasteiger partial charge in [-0.3, -0.25) is 24.0 Å². The molecular weight excluding hydrogens is 867 g/mol. The Bertz CT molecular complexity index is 2450. The number of rotatable bonds is 19. The van der Waals surface area contributed by atoms with E-state index in [1.807, 2.05) is 18.2 Å². The number of nitriles is 1. The van der Waals surface area contributed by atoms with Gasteiger partial charge in [0.2, 0.25) is 23.6 Å². The van der Waals surface area contributed by atoms with Crippen molar-refractivity contribution in [3.05, 3.63) is 94.3 Å². The maximum Gasteiger partial charge on any atom is 0.255 e. The van der Waals surface area contributed by atoms with Gasteiger partial charge >= 0.3 is 0 Å². The predicted octanol–water partition coefficient (Wildman–Crippen LogP) is 2.91. The first-order valence-electron chi connectivity index (χ1n) is 23.1. The third-order valence-electron chi connectivity index (χ3n) is 12.0. The van der Waals surface area contributed by atoms with E-state index in [-0.39, 0.29) is 57.8 Å². The number of carbonyl (C=O) groups is 5. The summed E-state index contributed by atoms with van der Waals surface area (Å²) in [6.45, 7) is 9.62. The number of nitrogens with zero attached hydrogens (tertiary/aromatic N) is 4. The molecule has 0 radical (unpaired) electrons. The highest BCUT2D eigenvalue weighted by molar-refractivity contribution is 6.00. The largest absolute Gasteiger partial charge is 0.492 e. The summed E-state index contributed by atoms with van der Waals surface area (Å²) in [6, 6.07) is 15.2. The van der Waals surface area contributed by atoms with Crippen molar-refractivity contribution in [2.24, 2.45) is 23.1 Å². The van der Waals surface area contributed by atoms with Gasteiger partial charge in [-0.15, -0.1) is 0 Å². The summed E-state index contributed by atoms with van der Waals surface area (Å²) >= 11 is 0. The van der Waals surface area contributed by atoms with Crippen LogP contribution in [-0.4, -0.2) is 109 Å². The Labute approximate surface area is 398 Å². The number of ether oxygens (including phenoxy) is 2. The van der Waals surface area contributed by atoms with Crippen molar-refractivity contribution in [1.82, 2.24) is 36.1 Å². The van der Waals surface area contributed by atoms with Crippen molar-refractivity contribution in [2.75, 3.05) is 46.4 Å². The molecule has 0 spiro atoms. The summed E-state index contributed by atoms with van der Waals surface area (Å²) in [6.07, 6.45) is 3.19. The van der Waals surface area contributed by atoms with Crippen LogP contribution >= 0.6 is 0 Å². The molecule has 0 aliphatic carbocycles. The number of aromatic nitrogens is 2. The maximum absolute atomic E-state index is 14.8. The minimum absolute atomic E-state index is 0.00159. The minimum Gasteiger partial charge on any atom is -0.492 e. The van der Waals surface area contributed by atoms with E-state index < -0.39 is 53.7 Å². The van der Waals surface area contributed by atoms with Crippen molar-refractivity contribution in [2.45, 2.75) is 90.9 Å². The van der Waals surface area contributed by atoms with Crippen LogP contribution in [0, 0.1) is 31.1 Å². The van der Waals surface area contributed by atoms with Gasteiger partial charge in [0.15, 0.2) is 5.82 Å². The van der Waals surface area contributed by atoms with Gasteiger partial charge in [-0.05, 0) is 87.0 Å². The van der Waals surface area contributed by atoms with Gasteiger partial charge < -0.3 is 52.8 Å². The van der Waals surface area contributed by atoms with Crippen molar-refractivity contribution in [1.29, 1.82) is 5.26 Å². The van der Waals surface area contributed by atoms with Crippen LogP contribution in [-0.2, 0) is 32.0 Å². The molecule has 4 unspecified atom stereocenters. The summed E-state index contributed by atoms with van der Waals surface area (Å²) in [5.41, 5.74) is 22.7. The van der Waals surface area contributed by atoms with Gasteiger partial charge in [0.1, 0.15) is 55.4 Å². The van der Waals surface area contributed by atoms with E-state index in [0.29, 0.717) is 56.9 Å². The predicted molar refractivity (Wildman–Crippen MR) is 258 cm³/mol. The molecule has 68 heavy (non-hydrogen) atoms. The summed E-state index contributed by atoms with van der Waals surface area (Å²) < 4.78 is 12.2. The molecular formula is C50H65N11O7. The molecule has 18 nitrogen and oxygen atoms in total. The maximum atomic E-state index is 14.8. The number of carbonyl (C=O) groups excluding carboxylic acids is 5. The van der Waals surface area contributed by atoms with E-state index in [4.69, 9.17) is 36.6 Å². The molecule has 1 aliphatic heterocycles. The monoisotopic (exact) mass is 932 g/mol. The summed E-state index contributed by atoms with van der Waals surface area (Å²) in [5, 5.41) is 20.0. The van der Waals surface area contributed by atoms with Gasteiger partial charge in [0, 0.05) is 43.2 Å². The Morgan fingerprint density at radius 3 is 2.07 bits per heavy atom. The summed E-state index contributed by atoms with van der Waals surface area (Å²) in [7, 11) is 1.42. The third kappa shape index (κ3) is 12.9. The highest BCUT2D eigenvalue weighted by Gasteiger charge is 2.36. The zero-order valence-corrected chi connectivity index (χ0v) is 39.8. The molecule has 362 valence electrons. The molecule has 10 N–H and O–H groups in total. The molecule has 3 aromatic carbocycles. The van der Waals surface area contributed by atoms with Crippen LogP contribution in [0.5, 0.6) is 11.5 Å². The molecule has 4 bridgehead atoms. The minimum atomic E-state index is -1.40. The number of aryl methyl sites for hydroxylation is 2. The smallest absolute Gasteiger partial charge is 0.255 e. The Balaban J connectivity index is 1.54. The molecule has 4 aromatic rings. The molecule has 0 saturated carbocycles. The lowest BCUT2D eigenvalue weighted by Gasteiger charge is -2.32. The standard InChI is InChI=1S/C50H65N11O7/c1-7-32(8-2)25-33-9-12-35(13-10-33)45-56-29(3)43(30(4)57-45)48(64)59-39(17-18-51)50(66)61(6)44-36-14-16-42(68-24-21-54)38(28-36)37-26-34(11-15-41(37)67-23-20-53)27-40(47(63)55-22-19-52)60-46(62)31(5)58-49(44)65/h9-16,26,28,31-32,39-40,44H,7-8,17-18,20-25,27,51,53-54H2,1-6H3,(H,55,63)(H,58,65)(H,59,64)(H,60,62). The Hall–Kier alpha value is -6.94. The molecule has 4 atom stereocenters. The molecule has 0 fully saturated rings. The van der Waals surface area contributed by atoms with Gasteiger partial charge in [-0.2, -0.15) is 5.26 Å². The summed E-state index contributed by atoms with van der Waals surface area (Å²) in [4.78, 5) is 81.2. The first-order valence-corrected chi connectivity index (χ1v) is 23.1. The number of hydrogen-bond donors (Lipinski definition) is 7. The van der Waals surface area contributed by atoms with Gasteiger partial charge in [0.05, 0.1) is 23.0 Å². The number of likely N-dealkylation sites (N-methyl/N-ethyl adjacent to an activating group) is 1. The SMILES string of the molecule is CCC(CC)Cc1ccc(-c2nc(C)c(C(=O)NC(CCN)C(=O)N(C)C3C(=O)NC(C)C(=O)NC(C(=O)NCC#N)Cc4ccc(OCCN)c(c4)-c4cc3ccc4OCCN)c(C)n2)cc1. The first-order chi connectivity index (χ1) is 32.7. The average molecular weight is 932 g/mol. The zero-order valence-electron chi connectivity index (χ0n) is 39.8. The highest BCUT2D eigenvalue weighted by atomic mass is 16.5. The lowest BCUT2D eigenvalue weighted by molar-refractivity contribution is -0.141. The van der Waals surface area contributed by atoms with Gasteiger partial charge in [-0.1, -0.05) is 63.1 Å². The van der Waals surface area contributed by atoms with Crippen LogP contribution in [0.15, 0.2) is 60.7 Å². The van der Waals surface area contributed by atoms with Crippen LogP contribution in [0.3, 0.4) is 0 Å². The van der Waals surface area contributed by atoms with E-state index >= 15 is 0 Å². The first kappa shape index (κ1) is 52.0. The fourth-order valence-electron chi connectivity index (χ4n) is 8.23. The normalized spacial score (nSPS) is 16.3. The highest BCUT2D eigenvalue weighted by Crippen LogP contribution is 2.40. The lowest BCUT2D eigenvalue weighted by atomic mass is 9.93. The third-order valence-corrected chi connectivity index (χ3v) is 12.0. The second-order valence-corrected chi connectivity index (χ2v) is 16.9. The fourth-order valence-corrected chi connectivity index (χ4v) is 8.23. The van der Waals surface area contributed by atoms with Crippen molar-refractivity contribution in [3.63, 3.8) is 0 Å². The summed E-state index contributed by atoms with van der Waals surface area (Å²) in [5.74, 6) is -1.49. The van der Waals surface area contributed by atoms with Gasteiger partial charge in [-0.25, -0.2) is 9.97 Å². The Morgan fingerprint density at radius 2 is 1.49 bits per heavy atom. The second kappa shape index (κ2) is 24.7. The number of fused-ring (bicyclic) bond motifs is 5. The van der Waals surface area contributed by atoms with Crippen LogP contribution < -0.4 is 47.9 Å². The molecule has 18 heteroatoms. The molecule has 5 amide bonds. The number of nitrogens with two attached hydrogens (primary N) is 3. The van der Waals surface area contributed by atoms with Crippen LogP contribution in [0.4, 0.5) is 0 Å². The van der Waals surface area contributed by atoms with Crippen LogP contribution in [0.1, 0.15) is 84.5 Å². The number of benzene rings is 3. The number of nitrogens with one attached hydrogen (secondary N) is 4. The van der Waals surface area contributed by atoms with Crippen molar-refractivity contribution >= 4 is 29.5 Å². The zero-order chi connectivity index (χ0) is 49.5. The van der Waals surface area contributed by atoms with Gasteiger partial charge in [0.25, 0.3) is 5.91 Å². The second-order valence-electron chi connectivity index (χ2n) is 16.9. The number of amides is 5. The molecule has 2 heterocycles. The Morgan fingerprint density at radius 1 is 0.868 bits per heavy atom. The van der Waals surface area contributed by atoms with E-state index in [1.165, 1.54) is 24.4 Å². The Kier molecular flexibility index (Phi) is 18.9. The molecule has 1 aromatic heterocycles. The van der Waals surface area contributed by atoms with E-state index in [9.17, 15) is 29.2 Å². The number of hydrogen-bond acceptors (Lipinski definition) is 13. The quantitative estimate of drug-likeness (QED) is 0.0667. The molecule has 1 aliphatic rings. The van der Waals surface area contributed by atoms with Crippen molar-refractivity contribution in [3.8, 4) is 40.1 Å². The lowest BCUT2D eigenvalue weighted by Crippen LogP contribution is -2.56. The van der Waals surface area contributed by atoms with E-state index in [1.54, 1.807) is 50.2 Å². The fraction of sp³-hybridized carbons (Fsp3) is 0.440. The van der Waals surface area contributed by atoms with E-state index in [0.717, 1.165) is 24.8 Å². The molecule has 0 saturated heterocycles. The van der Waals surface area contributed by atoms with E-state index in [2.05, 4.69) is 47.2 Å². The average Bonchev–Trinajstić information content (AvgIpc) is 3.32. The van der Waals surface area contributed by atoms with Crippen molar-refractivity contribution < 1.29 is 33.4 Å².